The summed E-state index contributed by atoms with van der Waals surface area (Å²) >= 11 is 3.25. The zero-order valence-corrected chi connectivity index (χ0v) is 11.3. The second kappa shape index (κ2) is 4.73. The van der Waals surface area contributed by atoms with Crippen LogP contribution in [0.5, 0.6) is 0 Å². The number of pyridine rings is 1. The number of aryl methyl sites for hydroxylation is 2. The van der Waals surface area contributed by atoms with Crippen LogP contribution in [-0.4, -0.2) is 19.7 Å². The Morgan fingerprint density at radius 2 is 2.28 bits per heavy atom. The van der Waals surface area contributed by atoms with E-state index in [1.165, 1.54) is 12.3 Å². The maximum absolute atomic E-state index is 10.6. The molecule has 2 aromatic heterocycles. The number of hydrogen-bond acceptors (Lipinski definition) is 5. The molecule has 0 aliphatic carbocycles. The molecule has 0 aliphatic heterocycles. The van der Waals surface area contributed by atoms with Crippen LogP contribution in [0.25, 0.3) is 0 Å². The molecular weight excluding hydrogens is 302 g/mol. The molecule has 0 unspecified atom stereocenters. The van der Waals surface area contributed by atoms with Crippen molar-refractivity contribution < 1.29 is 4.92 Å². The molecular formula is C10H10BrN5O2. The van der Waals surface area contributed by atoms with Gasteiger partial charge >= 0.3 is 0 Å². The molecule has 8 heteroatoms. The lowest BCUT2D eigenvalue weighted by atomic mass is 10.3. The monoisotopic (exact) mass is 311 g/mol. The summed E-state index contributed by atoms with van der Waals surface area (Å²) in [5.41, 5.74) is 1.57. The lowest BCUT2D eigenvalue weighted by molar-refractivity contribution is -0.385. The Bertz CT molecular complexity index is 610. The summed E-state index contributed by atoms with van der Waals surface area (Å²) in [5, 5.41) is 17.8. The van der Waals surface area contributed by atoms with Crippen LogP contribution < -0.4 is 5.32 Å². The fraction of sp³-hybridized carbons (Fsp3) is 0.200. The van der Waals surface area contributed by atoms with E-state index >= 15 is 0 Å². The summed E-state index contributed by atoms with van der Waals surface area (Å²) in [6.45, 7) is 1.86. The molecule has 1 N–H and O–H groups in total. The number of aromatic nitrogens is 3. The van der Waals surface area contributed by atoms with Crippen molar-refractivity contribution in [2.75, 3.05) is 5.32 Å². The van der Waals surface area contributed by atoms with Crippen molar-refractivity contribution in [3.05, 3.63) is 38.7 Å². The molecule has 0 bridgehead atoms. The molecule has 0 radical (unpaired) electrons. The standard InChI is InChI=1S/C10H10BrN5O2/c1-6-9(5-15(2)14-6)13-10-8(11)3-7(4-12-10)16(17)18/h3-5H,1-2H3,(H,12,13). The lowest BCUT2D eigenvalue weighted by Gasteiger charge is -2.05. The van der Waals surface area contributed by atoms with Gasteiger partial charge in [0.05, 0.1) is 20.8 Å². The number of halogens is 1. The van der Waals surface area contributed by atoms with Gasteiger partial charge in [-0.25, -0.2) is 4.98 Å². The van der Waals surface area contributed by atoms with Gasteiger partial charge in [-0.3, -0.25) is 14.8 Å². The molecule has 0 aromatic carbocycles. The number of nitrogens with one attached hydrogen (secondary N) is 1. The van der Waals surface area contributed by atoms with Crippen LogP contribution in [0.4, 0.5) is 17.2 Å². The van der Waals surface area contributed by atoms with Gasteiger partial charge in [-0.05, 0) is 22.9 Å². The van der Waals surface area contributed by atoms with Gasteiger partial charge in [-0.2, -0.15) is 5.10 Å². The first-order valence-electron chi connectivity index (χ1n) is 5.04. The molecule has 0 spiro atoms. The molecule has 0 aliphatic rings. The third kappa shape index (κ3) is 2.48. The summed E-state index contributed by atoms with van der Waals surface area (Å²) < 4.78 is 2.21. The zero-order chi connectivity index (χ0) is 13.3. The Hall–Kier alpha value is -1.96. The molecule has 0 fully saturated rings. The number of nitro groups is 1. The largest absolute Gasteiger partial charge is 0.337 e. The lowest BCUT2D eigenvalue weighted by Crippen LogP contribution is -1.97. The van der Waals surface area contributed by atoms with Gasteiger partial charge in [0.15, 0.2) is 0 Å². The SMILES string of the molecule is Cc1nn(C)cc1Nc1ncc([N+](=O)[O-])cc1Br. The van der Waals surface area contributed by atoms with Gasteiger partial charge in [0.2, 0.25) is 0 Å². The quantitative estimate of drug-likeness (QED) is 0.695. The summed E-state index contributed by atoms with van der Waals surface area (Å²) in [6.07, 6.45) is 3.02. The highest BCUT2D eigenvalue weighted by Crippen LogP contribution is 2.27. The van der Waals surface area contributed by atoms with E-state index in [1.54, 1.807) is 4.68 Å². The Kier molecular flexibility index (Phi) is 3.28. The van der Waals surface area contributed by atoms with Gasteiger partial charge in [-0.1, -0.05) is 0 Å². The third-order valence-electron chi connectivity index (χ3n) is 2.30. The van der Waals surface area contributed by atoms with Crippen molar-refractivity contribution in [2.24, 2.45) is 7.05 Å². The van der Waals surface area contributed by atoms with Crippen molar-refractivity contribution >= 4 is 33.1 Å². The summed E-state index contributed by atoms with van der Waals surface area (Å²) in [5.74, 6) is 0.511. The highest BCUT2D eigenvalue weighted by Gasteiger charge is 2.12. The fourth-order valence-electron chi connectivity index (χ4n) is 1.47. The normalized spacial score (nSPS) is 10.4. The van der Waals surface area contributed by atoms with Gasteiger partial charge in [0, 0.05) is 19.3 Å². The first kappa shape index (κ1) is 12.5. The topological polar surface area (TPSA) is 85.9 Å². The molecule has 2 heterocycles. The number of anilines is 2. The minimum absolute atomic E-state index is 0.0599. The second-order valence-corrected chi connectivity index (χ2v) is 4.56. The van der Waals surface area contributed by atoms with E-state index in [0.29, 0.717) is 10.3 Å². The van der Waals surface area contributed by atoms with Crippen LogP contribution in [0.3, 0.4) is 0 Å². The van der Waals surface area contributed by atoms with Crippen LogP contribution in [0.1, 0.15) is 5.69 Å². The predicted octanol–water partition coefficient (Wildman–Crippen LogP) is 2.54. The van der Waals surface area contributed by atoms with Crippen LogP contribution >= 0.6 is 15.9 Å². The average molecular weight is 312 g/mol. The highest BCUT2D eigenvalue weighted by atomic mass is 79.9. The fourth-order valence-corrected chi connectivity index (χ4v) is 1.91. The van der Waals surface area contributed by atoms with E-state index < -0.39 is 4.92 Å². The van der Waals surface area contributed by atoms with Gasteiger partial charge in [0.1, 0.15) is 12.0 Å². The van der Waals surface area contributed by atoms with Crippen LogP contribution in [0.15, 0.2) is 22.9 Å². The smallest absolute Gasteiger partial charge is 0.288 e. The summed E-state index contributed by atoms with van der Waals surface area (Å²) in [4.78, 5) is 14.1. The number of hydrogen-bond donors (Lipinski definition) is 1. The molecule has 2 aromatic rings. The Morgan fingerprint density at radius 3 is 2.78 bits per heavy atom. The predicted molar refractivity (Wildman–Crippen MR) is 69.8 cm³/mol. The average Bonchev–Trinajstić information content (AvgIpc) is 2.60. The van der Waals surface area contributed by atoms with Crippen molar-refractivity contribution in [1.82, 2.24) is 14.8 Å². The van der Waals surface area contributed by atoms with E-state index in [1.807, 2.05) is 20.2 Å². The van der Waals surface area contributed by atoms with Crippen LogP contribution in [0.2, 0.25) is 0 Å². The maximum Gasteiger partial charge on any atom is 0.288 e. The molecule has 0 saturated heterocycles. The highest BCUT2D eigenvalue weighted by molar-refractivity contribution is 9.10. The molecule has 94 valence electrons. The Balaban J connectivity index is 2.30. The first-order valence-corrected chi connectivity index (χ1v) is 5.84. The molecule has 7 nitrogen and oxygen atoms in total. The number of rotatable bonds is 3. The van der Waals surface area contributed by atoms with Crippen molar-refractivity contribution in [1.29, 1.82) is 0 Å². The molecule has 18 heavy (non-hydrogen) atoms. The Labute approximate surface area is 111 Å². The maximum atomic E-state index is 10.6. The Morgan fingerprint density at radius 1 is 1.56 bits per heavy atom. The van der Waals surface area contributed by atoms with Crippen molar-refractivity contribution in [3.63, 3.8) is 0 Å². The zero-order valence-electron chi connectivity index (χ0n) is 9.72. The van der Waals surface area contributed by atoms with E-state index in [4.69, 9.17) is 0 Å². The van der Waals surface area contributed by atoms with Crippen LogP contribution in [-0.2, 0) is 7.05 Å². The first-order chi connectivity index (χ1) is 8.47. The van der Waals surface area contributed by atoms with E-state index in [2.05, 4.69) is 31.3 Å². The van der Waals surface area contributed by atoms with Gasteiger partial charge < -0.3 is 5.32 Å². The van der Waals surface area contributed by atoms with E-state index in [9.17, 15) is 10.1 Å². The van der Waals surface area contributed by atoms with Crippen LogP contribution in [0, 0.1) is 17.0 Å². The minimum atomic E-state index is -0.489. The molecule has 0 saturated carbocycles. The summed E-state index contributed by atoms with van der Waals surface area (Å²) in [7, 11) is 1.82. The minimum Gasteiger partial charge on any atom is -0.337 e. The van der Waals surface area contributed by atoms with Crippen molar-refractivity contribution in [3.8, 4) is 0 Å². The summed E-state index contributed by atoms with van der Waals surface area (Å²) in [6, 6.07) is 1.40. The molecule has 0 amide bonds. The molecule has 2 rings (SSSR count). The number of nitrogens with zero attached hydrogens (tertiary/aromatic N) is 4. The second-order valence-electron chi connectivity index (χ2n) is 3.71. The van der Waals surface area contributed by atoms with Crippen molar-refractivity contribution in [2.45, 2.75) is 6.92 Å². The van der Waals surface area contributed by atoms with E-state index in [-0.39, 0.29) is 5.69 Å². The van der Waals surface area contributed by atoms with Gasteiger partial charge in [0.25, 0.3) is 5.69 Å². The van der Waals surface area contributed by atoms with E-state index in [0.717, 1.165) is 11.4 Å². The van der Waals surface area contributed by atoms with Gasteiger partial charge in [-0.15, -0.1) is 0 Å². The molecule has 0 atom stereocenters. The third-order valence-corrected chi connectivity index (χ3v) is 2.91.